The molecule has 0 spiro atoms. The molecule has 2 aliphatic rings. The molecule has 2 rings (SSSR count). The third kappa shape index (κ3) is 4.15. The van der Waals surface area contributed by atoms with Gasteiger partial charge in [-0.05, 0) is 0 Å². The van der Waals surface area contributed by atoms with Gasteiger partial charge in [-0.15, -0.1) is 12.4 Å². The average Bonchev–Trinajstić information content (AvgIpc) is 2.55. The van der Waals surface area contributed by atoms with Gasteiger partial charge in [0.15, 0.2) is 12.6 Å². The van der Waals surface area contributed by atoms with Crippen LogP contribution in [0.25, 0.3) is 0 Å². The van der Waals surface area contributed by atoms with Crippen molar-refractivity contribution in [2.45, 2.75) is 61.3 Å². The highest BCUT2D eigenvalue weighted by atomic mass is 35.5. The highest BCUT2D eigenvalue weighted by Crippen LogP contribution is 2.27. The van der Waals surface area contributed by atoms with Crippen LogP contribution in [-0.2, 0) is 14.2 Å². The molecule has 0 aromatic carbocycles. The summed E-state index contributed by atoms with van der Waals surface area (Å²) in [5.41, 5.74) is 11.3. The van der Waals surface area contributed by atoms with Gasteiger partial charge in [-0.25, -0.2) is 0 Å². The molecule has 0 bridgehead atoms. The number of nitrogens with two attached hydrogens (primary N) is 2. The number of hydrogen-bond acceptors (Lipinski definition) is 11. The number of hydrogen-bond donors (Lipinski definition) is 8. The summed E-state index contributed by atoms with van der Waals surface area (Å²) >= 11 is 0. The summed E-state index contributed by atoms with van der Waals surface area (Å²) in [7, 11) is 0. The second-order valence-electron chi connectivity index (χ2n) is 5.70. The topological polar surface area (TPSA) is 201 Å². The molecule has 2 heterocycles. The Morgan fingerprint density at radius 3 is 1.92 bits per heavy atom. The average molecular weight is 377 g/mol. The molecule has 0 aliphatic carbocycles. The van der Waals surface area contributed by atoms with Crippen LogP contribution in [0.2, 0.25) is 0 Å². The predicted molar refractivity (Wildman–Crippen MR) is 79.8 cm³/mol. The molecule has 10 N–H and O–H groups in total. The molecule has 0 aromatic rings. The zero-order chi connectivity index (χ0) is 17.3. The molecule has 12 heteroatoms. The zero-order valence-electron chi connectivity index (χ0n) is 12.7. The van der Waals surface area contributed by atoms with Crippen molar-refractivity contribution >= 4 is 12.4 Å². The largest absolute Gasteiger partial charge is 0.394 e. The van der Waals surface area contributed by atoms with Crippen LogP contribution in [0.15, 0.2) is 0 Å². The monoisotopic (exact) mass is 376 g/mol. The Balaban J connectivity index is 0.00000288. The Morgan fingerprint density at radius 1 is 0.792 bits per heavy atom. The van der Waals surface area contributed by atoms with Crippen molar-refractivity contribution in [2.75, 3.05) is 13.2 Å². The quantitative estimate of drug-likeness (QED) is 0.233. The van der Waals surface area contributed by atoms with Gasteiger partial charge in [0.05, 0.1) is 25.3 Å². The van der Waals surface area contributed by atoms with Crippen LogP contribution in [0.5, 0.6) is 0 Å². The fraction of sp³-hybridized carbons (Fsp3) is 1.00. The molecule has 2 aliphatic heterocycles. The van der Waals surface area contributed by atoms with Gasteiger partial charge >= 0.3 is 0 Å². The third-order valence-corrected chi connectivity index (χ3v) is 4.14. The molecule has 0 saturated carbocycles. The maximum atomic E-state index is 10.1. The van der Waals surface area contributed by atoms with Crippen LogP contribution >= 0.6 is 12.4 Å². The van der Waals surface area contributed by atoms with E-state index in [1.54, 1.807) is 0 Å². The van der Waals surface area contributed by atoms with Gasteiger partial charge in [0.25, 0.3) is 0 Å². The minimum Gasteiger partial charge on any atom is -0.394 e. The molecule has 0 aromatic heterocycles. The van der Waals surface area contributed by atoms with Crippen molar-refractivity contribution in [3.05, 3.63) is 0 Å². The van der Waals surface area contributed by atoms with Crippen LogP contribution in [0.3, 0.4) is 0 Å². The first-order chi connectivity index (χ1) is 10.8. The molecule has 0 amide bonds. The van der Waals surface area contributed by atoms with Gasteiger partial charge in [0.1, 0.15) is 36.6 Å². The highest BCUT2D eigenvalue weighted by Gasteiger charge is 2.49. The van der Waals surface area contributed by atoms with Gasteiger partial charge in [0, 0.05) is 0 Å². The first kappa shape index (κ1) is 21.9. The lowest BCUT2D eigenvalue weighted by Gasteiger charge is -2.45. The molecule has 10 atom stereocenters. The molecular weight excluding hydrogens is 352 g/mol. The Labute approximate surface area is 144 Å². The van der Waals surface area contributed by atoms with Gasteiger partial charge in [-0.3, -0.25) is 0 Å². The fourth-order valence-electron chi connectivity index (χ4n) is 2.65. The van der Waals surface area contributed by atoms with E-state index < -0.39 is 74.5 Å². The Kier molecular flexibility index (Phi) is 8.19. The smallest absolute Gasteiger partial charge is 0.176 e. The number of ether oxygens (including phenoxy) is 3. The van der Waals surface area contributed by atoms with Crippen molar-refractivity contribution in [1.29, 1.82) is 0 Å². The summed E-state index contributed by atoms with van der Waals surface area (Å²) in [6.45, 7) is -1.17. The predicted octanol–water partition coefficient (Wildman–Crippen LogP) is -5.04. The van der Waals surface area contributed by atoms with Crippen LogP contribution in [-0.4, -0.2) is 105 Å². The van der Waals surface area contributed by atoms with E-state index in [4.69, 9.17) is 30.8 Å². The van der Waals surface area contributed by atoms with Crippen LogP contribution in [0, 0.1) is 0 Å². The van der Waals surface area contributed by atoms with Gasteiger partial charge in [0.2, 0.25) is 0 Å². The van der Waals surface area contributed by atoms with Gasteiger partial charge in [-0.2, -0.15) is 0 Å². The van der Waals surface area contributed by atoms with Gasteiger partial charge < -0.3 is 56.3 Å². The summed E-state index contributed by atoms with van der Waals surface area (Å²) in [4.78, 5) is 0. The maximum Gasteiger partial charge on any atom is 0.176 e. The first-order valence-corrected chi connectivity index (χ1v) is 7.23. The van der Waals surface area contributed by atoms with E-state index in [1.807, 2.05) is 0 Å². The van der Waals surface area contributed by atoms with Crippen LogP contribution < -0.4 is 11.5 Å². The second kappa shape index (κ2) is 8.98. The lowest BCUT2D eigenvalue weighted by atomic mass is 9.95. The fourth-order valence-corrected chi connectivity index (χ4v) is 2.65. The molecule has 144 valence electrons. The molecule has 2 saturated heterocycles. The van der Waals surface area contributed by atoms with Crippen LogP contribution in [0.4, 0.5) is 0 Å². The summed E-state index contributed by atoms with van der Waals surface area (Å²) in [6, 6.07) is -2.37. The van der Waals surface area contributed by atoms with E-state index in [-0.39, 0.29) is 12.4 Å². The first-order valence-electron chi connectivity index (χ1n) is 7.23. The Bertz CT molecular complexity index is 392. The summed E-state index contributed by atoms with van der Waals surface area (Å²) in [5.74, 6) is 0. The summed E-state index contributed by atoms with van der Waals surface area (Å²) in [5, 5.41) is 57.7. The molecule has 24 heavy (non-hydrogen) atoms. The summed E-state index contributed by atoms with van der Waals surface area (Å²) < 4.78 is 15.8. The lowest BCUT2D eigenvalue weighted by Crippen LogP contribution is -2.67. The van der Waals surface area contributed by atoms with Crippen molar-refractivity contribution in [3.8, 4) is 0 Å². The van der Waals surface area contributed by atoms with Crippen molar-refractivity contribution in [2.24, 2.45) is 11.5 Å². The van der Waals surface area contributed by atoms with E-state index >= 15 is 0 Å². The maximum absolute atomic E-state index is 10.1. The molecular formula is C12H25ClN2O9. The SMILES string of the molecule is Cl.N[C@H]1[C@@H](O[C@@H]2[C@H](O)[C@@H](N)C(O)O[C@@H]2CO)O[C@H](CO)C(O)[C@@H]1O. The standard InChI is InChI=1S/C12H24N2O9.ClH/c13-5-9(19)10(4(2-16)21-11(5)20)23-12-6(14)8(18)7(17)3(1-15)22-12;/h3-12,15-20H,1-2,13-14H2;1H/t3-,4-,5-,6-,7?,8-,9-,10+,11?,12-;/m1./s1. The lowest BCUT2D eigenvalue weighted by molar-refractivity contribution is -0.324. The molecule has 0 radical (unpaired) electrons. The van der Waals surface area contributed by atoms with E-state index in [9.17, 15) is 25.5 Å². The highest BCUT2D eigenvalue weighted by molar-refractivity contribution is 5.85. The van der Waals surface area contributed by atoms with E-state index in [2.05, 4.69) is 0 Å². The minimum atomic E-state index is -1.49. The van der Waals surface area contributed by atoms with E-state index in [1.165, 1.54) is 0 Å². The molecule has 11 nitrogen and oxygen atoms in total. The number of rotatable bonds is 4. The second-order valence-corrected chi connectivity index (χ2v) is 5.70. The third-order valence-electron chi connectivity index (χ3n) is 4.14. The Morgan fingerprint density at radius 2 is 1.38 bits per heavy atom. The number of aliphatic hydroxyl groups excluding tert-OH is 6. The van der Waals surface area contributed by atoms with E-state index in [0.29, 0.717) is 0 Å². The Hall–Kier alpha value is -0.150. The van der Waals surface area contributed by atoms with Gasteiger partial charge in [-0.1, -0.05) is 0 Å². The van der Waals surface area contributed by atoms with Crippen molar-refractivity contribution in [3.63, 3.8) is 0 Å². The number of aliphatic hydroxyl groups is 6. The molecule has 2 fully saturated rings. The minimum absolute atomic E-state index is 0. The summed E-state index contributed by atoms with van der Waals surface area (Å²) in [6.07, 6.45) is -10.5. The molecule has 2 unspecified atom stereocenters. The van der Waals surface area contributed by atoms with E-state index in [0.717, 1.165) is 0 Å². The van der Waals surface area contributed by atoms with Crippen molar-refractivity contribution < 1.29 is 44.8 Å². The zero-order valence-corrected chi connectivity index (χ0v) is 13.5. The number of halogens is 1. The van der Waals surface area contributed by atoms with Crippen LogP contribution in [0.1, 0.15) is 0 Å². The van der Waals surface area contributed by atoms with Crippen molar-refractivity contribution in [1.82, 2.24) is 0 Å². The normalized spacial score (nSPS) is 49.5.